The molecule has 3 aromatic carbocycles. The van der Waals surface area contributed by atoms with Gasteiger partial charge in [0.15, 0.2) is 0 Å². The topological polar surface area (TPSA) is 61.4 Å². The highest BCUT2D eigenvalue weighted by atomic mass is 19.4. The third-order valence-corrected chi connectivity index (χ3v) is 6.61. The van der Waals surface area contributed by atoms with Crippen LogP contribution in [0.2, 0.25) is 0 Å². The zero-order chi connectivity index (χ0) is 26.2. The molecule has 0 aliphatic carbocycles. The van der Waals surface area contributed by atoms with Crippen molar-refractivity contribution in [2.24, 2.45) is 0 Å². The largest absolute Gasteiger partial charge is 0.416 e. The molecule has 1 fully saturated rings. The Bertz CT molecular complexity index is 1460. The molecule has 0 atom stereocenters. The predicted octanol–water partition coefficient (Wildman–Crippen LogP) is 5.63. The lowest BCUT2D eigenvalue weighted by Gasteiger charge is -2.32. The summed E-state index contributed by atoms with van der Waals surface area (Å²) < 4.78 is 39.1. The Morgan fingerprint density at radius 2 is 1.76 bits per heavy atom. The van der Waals surface area contributed by atoms with Gasteiger partial charge >= 0.3 is 6.18 Å². The van der Waals surface area contributed by atoms with Crippen molar-refractivity contribution in [3.63, 3.8) is 0 Å². The van der Waals surface area contributed by atoms with E-state index in [9.17, 15) is 18.0 Å². The molecule has 0 saturated carbocycles. The van der Waals surface area contributed by atoms with Gasteiger partial charge < -0.3 is 15.1 Å². The van der Waals surface area contributed by atoms with Crippen LogP contribution in [0, 0.1) is 6.92 Å². The average molecular weight is 506 g/mol. The van der Waals surface area contributed by atoms with Gasteiger partial charge in [0.2, 0.25) is 5.95 Å². The zero-order valence-electron chi connectivity index (χ0n) is 20.5. The van der Waals surface area contributed by atoms with E-state index in [1.807, 2.05) is 37.4 Å². The van der Waals surface area contributed by atoms with Crippen molar-refractivity contribution in [1.82, 2.24) is 14.9 Å². The Morgan fingerprint density at radius 3 is 2.51 bits per heavy atom. The quantitative estimate of drug-likeness (QED) is 0.390. The molecule has 1 aliphatic heterocycles. The molecule has 0 unspecified atom stereocenters. The molecule has 1 aliphatic rings. The fourth-order valence-electron chi connectivity index (χ4n) is 4.40. The number of aromatic nitrogens is 2. The van der Waals surface area contributed by atoms with Gasteiger partial charge in [0, 0.05) is 49.0 Å². The fraction of sp³-hybridized carbons (Fsp3) is 0.250. The van der Waals surface area contributed by atoms with Gasteiger partial charge in [-0.2, -0.15) is 13.2 Å². The van der Waals surface area contributed by atoms with Gasteiger partial charge in [-0.05, 0) is 73.1 Å². The van der Waals surface area contributed by atoms with Crippen LogP contribution in [0.25, 0.3) is 22.0 Å². The first-order valence-electron chi connectivity index (χ1n) is 12.0. The van der Waals surface area contributed by atoms with E-state index in [0.717, 1.165) is 71.9 Å². The number of halogens is 3. The predicted molar refractivity (Wildman–Crippen MR) is 139 cm³/mol. The first-order valence-corrected chi connectivity index (χ1v) is 12.0. The van der Waals surface area contributed by atoms with Gasteiger partial charge in [0.05, 0.1) is 11.1 Å². The molecular weight excluding hydrogens is 479 g/mol. The van der Waals surface area contributed by atoms with E-state index >= 15 is 0 Å². The molecule has 1 saturated heterocycles. The number of carbonyl (C=O) groups is 1. The first kappa shape index (κ1) is 24.7. The van der Waals surface area contributed by atoms with Gasteiger partial charge in [-0.25, -0.2) is 9.97 Å². The second-order valence-corrected chi connectivity index (χ2v) is 9.30. The highest BCUT2D eigenvalue weighted by Crippen LogP contribution is 2.31. The summed E-state index contributed by atoms with van der Waals surface area (Å²) in [7, 11) is 2.10. The Hall–Kier alpha value is -3.98. The highest BCUT2D eigenvalue weighted by Gasteiger charge is 2.30. The van der Waals surface area contributed by atoms with Crippen LogP contribution in [0.4, 0.5) is 24.8 Å². The van der Waals surface area contributed by atoms with Gasteiger partial charge in [-0.3, -0.25) is 4.79 Å². The number of anilines is 2. The number of likely N-dealkylation sites (N-methyl/N-ethyl adjacent to an activating group) is 1. The van der Waals surface area contributed by atoms with Crippen molar-refractivity contribution in [2.75, 3.05) is 43.4 Å². The number of piperazine rings is 1. The van der Waals surface area contributed by atoms with E-state index in [2.05, 4.69) is 27.1 Å². The Balaban J connectivity index is 1.39. The second kappa shape index (κ2) is 9.82. The SMILES string of the molecule is Cc1ccc(C(=O)Nc2cccc(C(F)(F)F)c2)cc1-c1ccc2nc(N3CCN(C)CC3)ncc2c1. The van der Waals surface area contributed by atoms with Crippen LogP contribution < -0.4 is 10.2 Å². The smallest absolute Gasteiger partial charge is 0.338 e. The molecule has 5 rings (SSSR count). The number of hydrogen-bond acceptors (Lipinski definition) is 5. The van der Waals surface area contributed by atoms with Crippen LogP contribution >= 0.6 is 0 Å². The van der Waals surface area contributed by atoms with Crippen molar-refractivity contribution in [3.05, 3.63) is 83.6 Å². The second-order valence-electron chi connectivity index (χ2n) is 9.30. The van der Waals surface area contributed by atoms with Crippen molar-refractivity contribution in [2.45, 2.75) is 13.1 Å². The molecule has 0 radical (unpaired) electrons. The van der Waals surface area contributed by atoms with Crippen molar-refractivity contribution >= 4 is 28.4 Å². The molecule has 2 heterocycles. The Kier molecular flexibility index (Phi) is 6.55. The van der Waals surface area contributed by atoms with E-state index < -0.39 is 17.6 Å². The summed E-state index contributed by atoms with van der Waals surface area (Å²) >= 11 is 0. The molecule has 1 N–H and O–H groups in total. The third kappa shape index (κ3) is 5.41. The summed E-state index contributed by atoms with van der Waals surface area (Å²) in [6.45, 7) is 5.65. The standard InChI is InChI=1S/C28H26F3N5O/c1-18-6-7-20(26(37)33-23-5-3-4-22(16-23)28(29,30)31)15-24(18)19-8-9-25-21(14-19)17-32-27(34-25)36-12-10-35(2)11-13-36/h3-9,14-17H,10-13H2,1-2H3,(H,33,37). The lowest BCUT2D eigenvalue weighted by Crippen LogP contribution is -2.45. The average Bonchev–Trinajstić information content (AvgIpc) is 2.88. The number of alkyl halides is 3. The van der Waals surface area contributed by atoms with Crippen LogP contribution in [0.15, 0.2) is 66.9 Å². The normalized spacial score (nSPS) is 14.7. The summed E-state index contributed by atoms with van der Waals surface area (Å²) in [5, 5.41) is 3.45. The zero-order valence-corrected chi connectivity index (χ0v) is 20.5. The number of nitrogens with one attached hydrogen (secondary N) is 1. The van der Waals surface area contributed by atoms with E-state index in [1.54, 1.807) is 12.1 Å². The number of aryl methyl sites for hydroxylation is 1. The summed E-state index contributed by atoms with van der Waals surface area (Å²) in [5.41, 5.74) is 3.16. The Labute approximate surface area is 212 Å². The number of benzene rings is 3. The summed E-state index contributed by atoms with van der Waals surface area (Å²) in [4.78, 5) is 26.7. The number of rotatable bonds is 4. The van der Waals surface area contributed by atoms with Crippen molar-refractivity contribution in [1.29, 1.82) is 0 Å². The molecule has 37 heavy (non-hydrogen) atoms. The summed E-state index contributed by atoms with van der Waals surface area (Å²) in [5.74, 6) is 0.235. The lowest BCUT2D eigenvalue weighted by molar-refractivity contribution is -0.137. The summed E-state index contributed by atoms with van der Waals surface area (Å²) in [6, 6.07) is 15.7. The van der Waals surface area contributed by atoms with Gasteiger partial charge in [-0.1, -0.05) is 18.2 Å². The van der Waals surface area contributed by atoms with E-state index in [4.69, 9.17) is 4.98 Å². The van der Waals surface area contributed by atoms with E-state index in [0.29, 0.717) is 5.56 Å². The van der Waals surface area contributed by atoms with Crippen LogP contribution in [0.5, 0.6) is 0 Å². The minimum Gasteiger partial charge on any atom is -0.338 e. The molecule has 1 aromatic heterocycles. The monoisotopic (exact) mass is 505 g/mol. The first-order chi connectivity index (χ1) is 17.7. The fourth-order valence-corrected chi connectivity index (χ4v) is 4.40. The molecule has 1 amide bonds. The number of nitrogens with zero attached hydrogens (tertiary/aromatic N) is 4. The third-order valence-electron chi connectivity index (χ3n) is 6.61. The molecule has 9 heteroatoms. The van der Waals surface area contributed by atoms with Gasteiger partial charge in [0.25, 0.3) is 5.91 Å². The van der Waals surface area contributed by atoms with Gasteiger partial charge in [0.1, 0.15) is 0 Å². The van der Waals surface area contributed by atoms with E-state index in [-0.39, 0.29) is 5.69 Å². The number of amides is 1. The maximum Gasteiger partial charge on any atom is 0.416 e. The van der Waals surface area contributed by atoms with Gasteiger partial charge in [-0.15, -0.1) is 0 Å². The minimum absolute atomic E-state index is 0.0842. The molecule has 190 valence electrons. The highest BCUT2D eigenvalue weighted by molar-refractivity contribution is 6.05. The summed E-state index contributed by atoms with van der Waals surface area (Å²) in [6.07, 6.45) is -2.66. The molecule has 4 aromatic rings. The van der Waals surface area contributed by atoms with Crippen LogP contribution in [0.1, 0.15) is 21.5 Å². The maximum absolute atomic E-state index is 13.0. The van der Waals surface area contributed by atoms with Crippen LogP contribution in [-0.4, -0.2) is 54.0 Å². The maximum atomic E-state index is 13.0. The van der Waals surface area contributed by atoms with E-state index in [1.165, 1.54) is 12.1 Å². The van der Waals surface area contributed by atoms with Crippen LogP contribution in [-0.2, 0) is 6.18 Å². The Morgan fingerprint density at radius 1 is 0.973 bits per heavy atom. The number of carbonyl (C=O) groups excluding carboxylic acids is 1. The molecule has 0 bridgehead atoms. The lowest BCUT2D eigenvalue weighted by atomic mass is 9.97. The molecular formula is C28H26F3N5O. The number of fused-ring (bicyclic) bond motifs is 1. The van der Waals surface area contributed by atoms with Crippen molar-refractivity contribution < 1.29 is 18.0 Å². The number of hydrogen-bond donors (Lipinski definition) is 1. The van der Waals surface area contributed by atoms with Crippen molar-refractivity contribution in [3.8, 4) is 11.1 Å². The molecule has 0 spiro atoms. The minimum atomic E-state index is -4.48. The van der Waals surface area contributed by atoms with Crippen LogP contribution in [0.3, 0.4) is 0 Å². The molecule has 6 nitrogen and oxygen atoms in total.